The highest BCUT2D eigenvalue weighted by Gasteiger charge is 2.26. The molecular formula is C21H19ClN4O. The molecule has 0 atom stereocenters. The quantitative estimate of drug-likeness (QED) is 0.374. The van der Waals surface area contributed by atoms with Gasteiger partial charge in [0, 0.05) is 35.5 Å². The summed E-state index contributed by atoms with van der Waals surface area (Å²) in [5.41, 5.74) is 5.70. The fourth-order valence-corrected chi connectivity index (χ4v) is 4.01. The van der Waals surface area contributed by atoms with E-state index in [0.29, 0.717) is 16.6 Å². The Kier molecular flexibility index (Phi) is 3.62. The zero-order valence-electron chi connectivity index (χ0n) is 15.2. The highest BCUT2D eigenvalue weighted by atomic mass is 35.5. The number of hydrogen-bond acceptors (Lipinski definition) is 3. The smallest absolute Gasteiger partial charge is 0.161 e. The average Bonchev–Trinajstić information content (AvgIpc) is 3.30. The summed E-state index contributed by atoms with van der Waals surface area (Å²) < 4.78 is 4.07. The van der Waals surface area contributed by atoms with Gasteiger partial charge in [-0.2, -0.15) is 5.10 Å². The number of ketones is 1. The van der Waals surface area contributed by atoms with Gasteiger partial charge in [0.05, 0.1) is 16.7 Å². The molecule has 0 aliphatic heterocycles. The van der Waals surface area contributed by atoms with Crippen molar-refractivity contribution in [1.29, 1.82) is 0 Å². The summed E-state index contributed by atoms with van der Waals surface area (Å²) >= 11 is 6.45. The van der Waals surface area contributed by atoms with Gasteiger partial charge in [-0.1, -0.05) is 11.6 Å². The van der Waals surface area contributed by atoms with Crippen molar-refractivity contribution < 1.29 is 4.79 Å². The minimum Gasteiger partial charge on any atom is -0.336 e. The number of hydrogen-bond donors (Lipinski definition) is 0. The van der Waals surface area contributed by atoms with Crippen LogP contribution in [0, 0.1) is 12.8 Å². The molecule has 5 nitrogen and oxygen atoms in total. The van der Waals surface area contributed by atoms with E-state index in [1.54, 1.807) is 23.8 Å². The molecular weight excluding hydrogens is 360 g/mol. The van der Waals surface area contributed by atoms with Crippen molar-refractivity contribution in [3.63, 3.8) is 0 Å². The SMILES string of the molecule is CC(=O)c1ccc2c(C)c(-c3cc4ccnc(Cl)c4n3CC3CC3)nn2c1. The zero-order valence-corrected chi connectivity index (χ0v) is 16.0. The molecule has 0 unspecified atom stereocenters. The van der Waals surface area contributed by atoms with Crippen LogP contribution in [0.25, 0.3) is 27.8 Å². The first-order chi connectivity index (χ1) is 13.0. The van der Waals surface area contributed by atoms with Crippen molar-refractivity contribution in [1.82, 2.24) is 19.2 Å². The Morgan fingerprint density at radius 2 is 2.11 bits per heavy atom. The maximum absolute atomic E-state index is 11.7. The number of rotatable bonds is 4. The molecule has 27 heavy (non-hydrogen) atoms. The Hall–Kier alpha value is -2.66. The van der Waals surface area contributed by atoms with Crippen LogP contribution in [0.15, 0.2) is 36.7 Å². The molecule has 6 heteroatoms. The minimum atomic E-state index is 0.0345. The van der Waals surface area contributed by atoms with Gasteiger partial charge in [0.15, 0.2) is 10.9 Å². The maximum atomic E-state index is 11.7. The van der Waals surface area contributed by atoms with E-state index in [-0.39, 0.29) is 5.78 Å². The number of carbonyl (C=O) groups excluding carboxylic acids is 1. The van der Waals surface area contributed by atoms with Gasteiger partial charge in [0.25, 0.3) is 0 Å². The number of aromatic nitrogens is 4. The summed E-state index contributed by atoms with van der Waals surface area (Å²) in [6.45, 7) is 4.57. The summed E-state index contributed by atoms with van der Waals surface area (Å²) in [5.74, 6) is 0.726. The van der Waals surface area contributed by atoms with E-state index in [1.807, 2.05) is 18.2 Å². The maximum Gasteiger partial charge on any atom is 0.161 e. The number of aryl methyl sites for hydroxylation is 1. The number of halogens is 1. The zero-order chi connectivity index (χ0) is 18.7. The van der Waals surface area contributed by atoms with Crippen molar-refractivity contribution in [2.45, 2.75) is 33.2 Å². The molecule has 4 heterocycles. The molecule has 0 bridgehead atoms. The molecule has 1 fully saturated rings. The van der Waals surface area contributed by atoms with Crippen molar-refractivity contribution >= 4 is 33.8 Å². The monoisotopic (exact) mass is 378 g/mol. The first kappa shape index (κ1) is 16.5. The number of nitrogens with zero attached hydrogens (tertiary/aromatic N) is 4. The van der Waals surface area contributed by atoms with Crippen molar-refractivity contribution in [2.75, 3.05) is 0 Å². The fourth-order valence-electron chi connectivity index (χ4n) is 3.74. The van der Waals surface area contributed by atoms with Crippen LogP contribution in [0.1, 0.15) is 35.7 Å². The van der Waals surface area contributed by atoms with Crippen LogP contribution < -0.4 is 0 Å². The molecule has 5 rings (SSSR count). The second kappa shape index (κ2) is 5.92. The Morgan fingerprint density at radius 3 is 2.85 bits per heavy atom. The van der Waals surface area contributed by atoms with E-state index in [2.05, 4.69) is 22.5 Å². The first-order valence-corrected chi connectivity index (χ1v) is 9.55. The molecule has 0 amide bonds. The van der Waals surface area contributed by atoms with E-state index >= 15 is 0 Å². The molecule has 1 aliphatic rings. The Morgan fingerprint density at radius 1 is 1.30 bits per heavy atom. The van der Waals surface area contributed by atoms with Gasteiger partial charge in [-0.05, 0) is 56.9 Å². The Bertz CT molecular complexity index is 1220. The molecule has 4 aromatic rings. The number of Topliss-reactive ketones (excluding diaryl/α,β-unsaturated/α-hetero) is 1. The predicted octanol–water partition coefficient (Wildman–Crippen LogP) is 4.93. The van der Waals surface area contributed by atoms with E-state index in [1.165, 1.54) is 12.8 Å². The molecule has 0 radical (unpaired) electrons. The van der Waals surface area contributed by atoms with Crippen LogP contribution in [0.2, 0.25) is 5.15 Å². The average molecular weight is 379 g/mol. The molecule has 1 saturated carbocycles. The second-order valence-corrected chi connectivity index (χ2v) is 7.76. The summed E-state index contributed by atoms with van der Waals surface area (Å²) in [4.78, 5) is 16.0. The normalized spacial score (nSPS) is 14.3. The highest BCUT2D eigenvalue weighted by Crippen LogP contribution is 2.38. The number of carbonyl (C=O) groups is 1. The molecule has 0 saturated heterocycles. The van der Waals surface area contributed by atoms with Crippen LogP contribution in [0.5, 0.6) is 0 Å². The van der Waals surface area contributed by atoms with Crippen LogP contribution in [0.4, 0.5) is 0 Å². The Balaban J connectivity index is 1.76. The lowest BCUT2D eigenvalue weighted by molar-refractivity contribution is 0.101. The van der Waals surface area contributed by atoms with Gasteiger partial charge < -0.3 is 4.57 Å². The van der Waals surface area contributed by atoms with E-state index in [4.69, 9.17) is 16.7 Å². The van der Waals surface area contributed by atoms with Gasteiger partial charge in [-0.15, -0.1) is 0 Å². The van der Waals surface area contributed by atoms with Crippen LogP contribution in [-0.4, -0.2) is 24.9 Å². The molecule has 136 valence electrons. The van der Waals surface area contributed by atoms with Crippen molar-refractivity contribution in [3.05, 3.63) is 52.9 Å². The second-order valence-electron chi connectivity index (χ2n) is 7.40. The highest BCUT2D eigenvalue weighted by molar-refractivity contribution is 6.34. The number of pyridine rings is 2. The largest absolute Gasteiger partial charge is 0.336 e. The van der Waals surface area contributed by atoms with E-state index in [9.17, 15) is 4.79 Å². The topological polar surface area (TPSA) is 52.2 Å². The number of fused-ring (bicyclic) bond motifs is 2. The molecule has 0 aromatic carbocycles. The fraction of sp³-hybridized carbons (Fsp3) is 0.286. The third-order valence-corrected chi connectivity index (χ3v) is 5.70. The minimum absolute atomic E-state index is 0.0345. The first-order valence-electron chi connectivity index (χ1n) is 9.17. The predicted molar refractivity (Wildman–Crippen MR) is 106 cm³/mol. The molecule has 0 N–H and O–H groups in total. The third-order valence-electron chi connectivity index (χ3n) is 5.43. The van der Waals surface area contributed by atoms with Gasteiger partial charge in [0.1, 0.15) is 5.69 Å². The third kappa shape index (κ3) is 2.65. The van der Waals surface area contributed by atoms with E-state index < -0.39 is 0 Å². The van der Waals surface area contributed by atoms with Gasteiger partial charge in [-0.25, -0.2) is 9.50 Å². The van der Waals surface area contributed by atoms with Gasteiger partial charge in [0.2, 0.25) is 0 Å². The van der Waals surface area contributed by atoms with E-state index in [0.717, 1.165) is 39.9 Å². The van der Waals surface area contributed by atoms with Gasteiger partial charge in [-0.3, -0.25) is 4.79 Å². The molecule has 4 aromatic heterocycles. The summed E-state index contributed by atoms with van der Waals surface area (Å²) in [5, 5.41) is 6.42. The Labute approximate surface area is 161 Å². The summed E-state index contributed by atoms with van der Waals surface area (Å²) in [7, 11) is 0. The van der Waals surface area contributed by atoms with Crippen molar-refractivity contribution in [2.24, 2.45) is 5.92 Å². The van der Waals surface area contributed by atoms with Crippen LogP contribution in [-0.2, 0) is 6.54 Å². The summed E-state index contributed by atoms with van der Waals surface area (Å²) in [6.07, 6.45) is 6.05. The summed E-state index contributed by atoms with van der Waals surface area (Å²) in [6, 6.07) is 7.96. The molecule has 0 spiro atoms. The lowest BCUT2D eigenvalue weighted by Gasteiger charge is -2.09. The van der Waals surface area contributed by atoms with Crippen molar-refractivity contribution in [3.8, 4) is 11.4 Å². The standard InChI is InChI=1S/C21H19ClN4O/c1-12-17-6-5-16(13(2)27)11-26(17)24-19(12)18-9-15-7-8-23-21(22)20(15)25(18)10-14-3-4-14/h5-9,11,14H,3-4,10H2,1-2H3. The lowest BCUT2D eigenvalue weighted by atomic mass is 10.1. The van der Waals surface area contributed by atoms with Gasteiger partial charge >= 0.3 is 0 Å². The lowest BCUT2D eigenvalue weighted by Crippen LogP contribution is -2.03. The molecule has 1 aliphatic carbocycles. The van der Waals surface area contributed by atoms with Crippen LogP contribution >= 0.6 is 11.6 Å². The van der Waals surface area contributed by atoms with Crippen LogP contribution in [0.3, 0.4) is 0 Å².